The van der Waals surface area contributed by atoms with Crippen LogP contribution >= 0.6 is 0 Å². The smallest absolute Gasteiger partial charge is 0.396 e. The zero-order chi connectivity index (χ0) is 28.0. The monoisotopic (exact) mass is 527 g/mol. The molecule has 1 aliphatic heterocycles. The summed E-state index contributed by atoms with van der Waals surface area (Å²) < 4.78 is 54.6. The molecule has 0 aromatic heterocycles. The molecule has 1 aliphatic rings. The molecule has 7 atom stereocenters. The first kappa shape index (κ1) is 29.2. The summed E-state index contributed by atoms with van der Waals surface area (Å²) >= 11 is 0. The molecule has 16 heteroatoms. The van der Waals surface area contributed by atoms with Gasteiger partial charge in [-0.3, -0.25) is 4.79 Å². The third kappa shape index (κ3) is 6.23. The van der Waals surface area contributed by atoms with Crippen molar-refractivity contribution in [3.05, 3.63) is 56.8 Å². The minimum Gasteiger partial charge on any atom is -0.479 e. The van der Waals surface area contributed by atoms with Crippen LogP contribution in [0.4, 0.5) is 13.2 Å². The highest BCUT2D eigenvalue weighted by Gasteiger charge is 2.67. The third-order valence-electron chi connectivity index (χ3n) is 6.00. The molecule has 1 aromatic rings. The first-order valence-corrected chi connectivity index (χ1v) is 11.0. The van der Waals surface area contributed by atoms with Crippen LogP contribution in [0.3, 0.4) is 0 Å². The van der Waals surface area contributed by atoms with Gasteiger partial charge in [-0.05, 0) is 40.6 Å². The largest absolute Gasteiger partial charge is 0.479 e. The number of carboxylic acid groups (broad SMARTS) is 1. The minimum absolute atomic E-state index is 0.0000766. The number of benzene rings is 1. The number of amides is 1. The van der Waals surface area contributed by atoms with Crippen LogP contribution in [0.2, 0.25) is 0 Å². The van der Waals surface area contributed by atoms with E-state index >= 15 is 0 Å². The Labute approximate surface area is 208 Å². The summed E-state index contributed by atoms with van der Waals surface area (Å²) in [6.45, 7) is 3.90. The third-order valence-corrected chi connectivity index (χ3v) is 6.00. The van der Waals surface area contributed by atoms with Crippen LogP contribution < -0.4 is 5.32 Å². The van der Waals surface area contributed by atoms with Gasteiger partial charge in [0.05, 0.1) is 11.6 Å². The van der Waals surface area contributed by atoms with Crippen molar-refractivity contribution in [1.29, 1.82) is 0 Å². The predicted octanol–water partition coefficient (Wildman–Crippen LogP) is 4.11. The lowest BCUT2D eigenvalue weighted by Gasteiger charge is -2.51. The lowest BCUT2D eigenvalue weighted by molar-refractivity contribution is -0.284. The van der Waals surface area contributed by atoms with Gasteiger partial charge in [0.2, 0.25) is 5.91 Å². The number of carbonyl (C=O) groups is 3. The number of azide groups is 2. The maximum Gasteiger partial charge on any atom is 0.396 e. The highest BCUT2D eigenvalue weighted by molar-refractivity contribution is 5.89. The van der Waals surface area contributed by atoms with Gasteiger partial charge in [-0.1, -0.05) is 37.2 Å². The molecule has 1 aromatic carbocycles. The molecule has 0 spiro atoms. The van der Waals surface area contributed by atoms with E-state index in [1.807, 2.05) is 5.32 Å². The van der Waals surface area contributed by atoms with Crippen molar-refractivity contribution in [2.75, 3.05) is 0 Å². The van der Waals surface area contributed by atoms with Crippen LogP contribution in [0.5, 0.6) is 0 Å². The number of carbonyl (C=O) groups excluding carboxylic acids is 2. The molecule has 37 heavy (non-hydrogen) atoms. The summed E-state index contributed by atoms with van der Waals surface area (Å²) in [4.78, 5) is 41.8. The summed E-state index contributed by atoms with van der Waals surface area (Å²) in [5.74, 6) is -7.71. The van der Waals surface area contributed by atoms with Crippen molar-refractivity contribution in [2.24, 2.45) is 22.1 Å². The molecule has 1 amide bonds. The summed E-state index contributed by atoms with van der Waals surface area (Å²) in [5, 5.41) is 18.1. The number of hydrogen-bond donors (Lipinski definition) is 2. The Balaban J connectivity index is 2.81. The van der Waals surface area contributed by atoms with Gasteiger partial charge in [-0.15, -0.1) is 0 Å². The Bertz CT molecular complexity index is 1100. The molecule has 0 saturated carbocycles. The quantitative estimate of drug-likeness (QED) is 0.209. The zero-order valence-electron chi connectivity index (χ0n) is 19.9. The second kappa shape index (κ2) is 11.8. The number of nitrogens with zero attached hydrogens (tertiary/aromatic N) is 6. The van der Waals surface area contributed by atoms with Gasteiger partial charge in [0.1, 0.15) is 24.2 Å². The summed E-state index contributed by atoms with van der Waals surface area (Å²) in [6, 6.07) is 2.69. The van der Waals surface area contributed by atoms with Crippen molar-refractivity contribution in [2.45, 2.75) is 63.4 Å². The molecule has 0 aliphatic carbocycles. The average molecular weight is 527 g/mol. The predicted molar refractivity (Wildman–Crippen MR) is 120 cm³/mol. The molecule has 1 heterocycles. The number of esters is 1. The number of alkyl halides is 3. The molecule has 0 radical (unpaired) electrons. The van der Waals surface area contributed by atoms with Gasteiger partial charge in [0.25, 0.3) is 5.72 Å². The molecule has 2 unspecified atom stereocenters. The van der Waals surface area contributed by atoms with Crippen molar-refractivity contribution in [3.8, 4) is 0 Å². The normalized spacial score (nSPS) is 27.0. The van der Waals surface area contributed by atoms with Crippen molar-refractivity contribution in [3.63, 3.8) is 0 Å². The topological polar surface area (TPSA) is 199 Å². The van der Waals surface area contributed by atoms with Gasteiger partial charge >= 0.3 is 18.1 Å². The Kier molecular flexibility index (Phi) is 9.34. The highest BCUT2D eigenvalue weighted by atomic mass is 19.4. The molecule has 1 saturated heterocycles. The standard InChI is InChI=1S/C21H24F3N7O6/c1-4-10(2)15(36-18(33)12-8-6-5-7-9-12)16-13(21(22,23)24)14(27-11(3)32)17(28-30-25)20(37-16,19(34)35)29-31-26/h5-10,13-17H,4H2,1-3H3,(H,27,32)(H,34,35)/t10-,13-,14-,15-,16?,17?,20-/m1/s1. The molecule has 13 nitrogen and oxygen atoms in total. The molecule has 0 bridgehead atoms. The summed E-state index contributed by atoms with van der Waals surface area (Å²) in [5.41, 5.74) is 14.9. The Hall–Kier alpha value is -4.00. The number of ether oxygens (including phenoxy) is 2. The van der Waals surface area contributed by atoms with E-state index in [1.54, 1.807) is 13.0 Å². The van der Waals surface area contributed by atoms with Crippen molar-refractivity contribution < 1.29 is 42.1 Å². The molecular weight excluding hydrogens is 503 g/mol. The highest BCUT2D eigenvalue weighted by Crippen LogP contribution is 2.47. The fourth-order valence-electron chi connectivity index (χ4n) is 4.14. The summed E-state index contributed by atoms with van der Waals surface area (Å²) in [6.07, 6.45) is -9.08. The summed E-state index contributed by atoms with van der Waals surface area (Å²) in [7, 11) is 0. The zero-order valence-corrected chi connectivity index (χ0v) is 19.9. The van der Waals surface area contributed by atoms with E-state index in [-0.39, 0.29) is 12.0 Å². The van der Waals surface area contributed by atoms with Gasteiger partial charge in [-0.25, -0.2) is 9.59 Å². The number of hydrogen-bond acceptors (Lipinski definition) is 7. The first-order valence-electron chi connectivity index (χ1n) is 11.0. The van der Waals surface area contributed by atoms with Crippen LogP contribution in [-0.4, -0.2) is 59.1 Å². The number of nitrogens with one attached hydrogen (secondary N) is 1. The number of halogens is 3. The van der Waals surface area contributed by atoms with E-state index in [9.17, 15) is 32.7 Å². The van der Waals surface area contributed by atoms with E-state index in [0.717, 1.165) is 6.92 Å². The Morgan fingerprint density at radius 2 is 1.86 bits per heavy atom. The first-order chi connectivity index (χ1) is 17.3. The Morgan fingerprint density at radius 3 is 2.32 bits per heavy atom. The molecular formula is C21H24F3N7O6. The van der Waals surface area contributed by atoms with Crippen molar-refractivity contribution >= 4 is 17.8 Å². The number of rotatable bonds is 9. The lowest BCUT2D eigenvalue weighted by atomic mass is 9.76. The van der Waals surface area contributed by atoms with E-state index in [2.05, 4.69) is 20.1 Å². The Morgan fingerprint density at radius 1 is 1.24 bits per heavy atom. The SMILES string of the molecule is CC[C@@H](C)[C@@H](OC(=O)c1ccccc1)C1O[C@@](N=[N+]=[N-])(C(=O)O)C(N=[N+]=[N-])[C@H](NC(C)=O)[C@H]1C(F)(F)F. The maximum atomic E-state index is 14.6. The fraction of sp³-hybridized carbons (Fsp3) is 0.571. The van der Waals surface area contributed by atoms with E-state index in [1.165, 1.54) is 31.2 Å². The lowest BCUT2D eigenvalue weighted by Crippen LogP contribution is -2.72. The molecule has 1 fully saturated rings. The van der Waals surface area contributed by atoms with Crippen LogP contribution in [0, 0.1) is 11.8 Å². The van der Waals surface area contributed by atoms with E-state index in [0.29, 0.717) is 0 Å². The molecule has 2 rings (SSSR count). The van der Waals surface area contributed by atoms with Crippen LogP contribution in [0.1, 0.15) is 37.6 Å². The molecule has 200 valence electrons. The minimum atomic E-state index is -5.20. The van der Waals surface area contributed by atoms with E-state index in [4.69, 9.17) is 20.5 Å². The number of carboxylic acids is 1. The van der Waals surface area contributed by atoms with Crippen LogP contribution in [0.15, 0.2) is 40.6 Å². The molecule has 2 N–H and O–H groups in total. The maximum absolute atomic E-state index is 14.6. The van der Waals surface area contributed by atoms with Crippen molar-refractivity contribution in [1.82, 2.24) is 5.32 Å². The van der Waals surface area contributed by atoms with Gasteiger partial charge < -0.3 is 19.9 Å². The second-order valence-corrected chi connectivity index (χ2v) is 8.34. The van der Waals surface area contributed by atoms with Gasteiger partial charge in [-0.2, -0.15) is 13.2 Å². The fourth-order valence-corrected chi connectivity index (χ4v) is 4.14. The second-order valence-electron chi connectivity index (χ2n) is 8.34. The van der Waals surface area contributed by atoms with Gasteiger partial charge in [0.15, 0.2) is 0 Å². The van der Waals surface area contributed by atoms with Crippen LogP contribution in [0.25, 0.3) is 20.9 Å². The van der Waals surface area contributed by atoms with Gasteiger partial charge in [0, 0.05) is 16.7 Å². The number of aliphatic carboxylic acids is 1. The average Bonchev–Trinajstić information content (AvgIpc) is 2.83. The van der Waals surface area contributed by atoms with E-state index < -0.39 is 65.9 Å². The van der Waals surface area contributed by atoms with Crippen LogP contribution in [-0.2, 0) is 19.1 Å².